The lowest BCUT2D eigenvalue weighted by atomic mass is 10.0. The Hall–Kier alpha value is -1.43. The van der Waals surface area contributed by atoms with E-state index in [0.717, 1.165) is 12.0 Å². The second-order valence-corrected chi connectivity index (χ2v) is 7.00. The van der Waals surface area contributed by atoms with Crippen LogP contribution in [0.1, 0.15) is 37.4 Å². The smallest absolute Gasteiger partial charge is 0.302 e. The zero-order valence-electron chi connectivity index (χ0n) is 12.3. The number of carbonyl (C=O) groups is 1. The lowest BCUT2D eigenvalue weighted by Crippen LogP contribution is -2.29. The van der Waals surface area contributed by atoms with E-state index in [2.05, 4.69) is 6.92 Å². The molecule has 1 aliphatic rings. The SMILES string of the molecule is CCc1ccc(C(C)N2CC(CS(=O)(=O)F)CC2=O)cc1. The highest BCUT2D eigenvalue weighted by atomic mass is 32.3. The van der Waals surface area contributed by atoms with Crippen molar-refractivity contribution in [3.05, 3.63) is 35.4 Å². The summed E-state index contributed by atoms with van der Waals surface area (Å²) < 4.78 is 34.2. The first-order chi connectivity index (χ1) is 9.80. The summed E-state index contributed by atoms with van der Waals surface area (Å²) in [6.45, 7) is 4.27. The maximum absolute atomic E-state index is 12.7. The number of rotatable bonds is 5. The van der Waals surface area contributed by atoms with Gasteiger partial charge in [-0.25, -0.2) is 0 Å². The molecular weight excluding hydrogens is 293 g/mol. The van der Waals surface area contributed by atoms with Crippen molar-refractivity contribution in [3.63, 3.8) is 0 Å². The monoisotopic (exact) mass is 313 g/mol. The summed E-state index contributed by atoms with van der Waals surface area (Å²) in [4.78, 5) is 13.7. The maximum atomic E-state index is 12.7. The Morgan fingerprint density at radius 2 is 1.95 bits per heavy atom. The molecule has 0 bridgehead atoms. The highest BCUT2D eigenvalue weighted by Crippen LogP contribution is 2.29. The van der Waals surface area contributed by atoms with Crippen molar-refractivity contribution < 1.29 is 17.1 Å². The Bertz CT molecular complexity index is 612. The van der Waals surface area contributed by atoms with Gasteiger partial charge in [0.2, 0.25) is 5.91 Å². The van der Waals surface area contributed by atoms with Crippen LogP contribution >= 0.6 is 0 Å². The summed E-state index contributed by atoms with van der Waals surface area (Å²) in [5.41, 5.74) is 2.23. The van der Waals surface area contributed by atoms with Crippen LogP contribution in [0.4, 0.5) is 3.89 Å². The predicted octanol–water partition coefficient (Wildman–Crippen LogP) is 2.46. The molecule has 0 aliphatic carbocycles. The summed E-state index contributed by atoms with van der Waals surface area (Å²) in [7, 11) is -4.53. The second kappa shape index (κ2) is 6.13. The van der Waals surface area contributed by atoms with Crippen molar-refractivity contribution in [2.75, 3.05) is 12.3 Å². The maximum Gasteiger partial charge on any atom is 0.302 e. The van der Waals surface area contributed by atoms with Gasteiger partial charge in [-0.05, 0) is 24.5 Å². The quantitative estimate of drug-likeness (QED) is 0.785. The third kappa shape index (κ3) is 4.03. The van der Waals surface area contributed by atoms with Crippen LogP contribution in [-0.4, -0.2) is 31.5 Å². The molecule has 0 aromatic heterocycles. The fourth-order valence-corrected chi connectivity index (χ4v) is 3.57. The molecule has 1 aromatic rings. The zero-order valence-corrected chi connectivity index (χ0v) is 13.1. The van der Waals surface area contributed by atoms with Gasteiger partial charge in [-0.15, -0.1) is 3.89 Å². The molecule has 116 valence electrons. The lowest BCUT2D eigenvalue weighted by Gasteiger charge is -2.25. The average molecular weight is 313 g/mol. The van der Waals surface area contributed by atoms with Gasteiger partial charge >= 0.3 is 10.2 Å². The number of hydrogen-bond acceptors (Lipinski definition) is 3. The van der Waals surface area contributed by atoms with Crippen LogP contribution in [0.25, 0.3) is 0 Å². The highest BCUT2D eigenvalue weighted by molar-refractivity contribution is 7.86. The fraction of sp³-hybridized carbons (Fsp3) is 0.533. The molecule has 1 heterocycles. The van der Waals surface area contributed by atoms with Crippen molar-refractivity contribution in [2.45, 2.75) is 32.7 Å². The van der Waals surface area contributed by atoms with E-state index < -0.39 is 21.9 Å². The van der Waals surface area contributed by atoms with E-state index in [-0.39, 0.29) is 18.4 Å². The molecule has 1 fully saturated rings. The summed E-state index contributed by atoms with van der Waals surface area (Å²) in [6.07, 6.45) is 1.05. The summed E-state index contributed by atoms with van der Waals surface area (Å²) >= 11 is 0. The average Bonchev–Trinajstić information content (AvgIpc) is 2.76. The number of carbonyl (C=O) groups excluding carboxylic acids is 1. The number of hydrogen-bond donors (Lipinski definition) is 0. The molecule has 0 radical (unpaired) electrons. The molecule has 6 heteroatoms. The Morgan fingerprint density at radius 3 is 2.48 bits per heavy atom. The molecule has 1 aliphatic heterocycles. The van der Waals surface area contributed by atoms with Crippen LogP contribution in [0, 0.1) is 5.92 Å². The Kier molecular flexibility index (Phi) is 4.66. The molecule has 4 nitrogen and oxygen atoms in total. The van der Waals surface area contributed by atoms with Gasteiger partial charge < -0.3 is 4.90 Å². The molecule has 0 N–H and O–H groups in total. The highest BCUT2D eigenvalue weighted by Gasteiger charge is 2.35. The van der Waals surface area contributed by atoms with Crippen LogP contribution in [0.15, 0.2) is 24.3 Å². The predicted molar refractivity (Wildman–Crippen MR) is 78.9 cm³/mol. The summed E-state index contributed by atoms with van der Waals surface area (Å²) in [5, 5.41) is 0. The number of likely N-dealkylation sites (tertiary alicyclic amines) is 1. The minimum Gasteiger partial charge on any atom is -0.336 e. The van der Waals surface area contributed by atoms with Gasteiger partial charge in [0, 0.05) is 18.9 Å². The van der Waals surface area contributed by atoms with Gasteiger partial charge in [-0.3, -0.25) is 4.79 Å². The van der Waals surface area contributed by atoms with E-state index in [0.29, 0.717) is 6.54 Å². The van der Waals surface area contributed by atoms with E-state index >= 15 is 0 Å². The lowest BCUT2D eigenvalue weighted by molar-refractivity contribution is -0.129. The number of halogens is 1. The largest absolute Gasteiger partial charge is 0.336 e. The summed E-state index contributed by atoms with van der Waals surface area (Å²) in [5.74, 6) is -1.14. The van der Waals surface area contributed by atoms with Crippen LogP contribution in [0.2, 0.25) is 0 Å². The Morgan fingerprint density at radius 1 is 1.33 bits per heavy atom. The molecule has 1 amide bonds. The summed E-state index contributed by atoms with van der Waals surface area (Å²) in [6, 6.07) is 7.88. The molecule has 1 saturated heterocycles. The Balaban J connectivity index is 2.08. The molecule has 2 rings (SSSR count). The standard InChI is InChI=1S/C15H20FNO3S/c1-3-12-4-6-14(7-5-12)11(2)17-9-13(8-15(17)18)10-21(16,19)20/h4-7,11,13H,3,8-10H2,1-2H3. The fourth-order valence-electron chi connectivity index (χ4n) is 2.79. The second-order valence-electron chi connectivity index (χ2n) is 5.59. The van der Waals surface area contributed by atoms with E-state index in [4.69, 9.17) is 0 Å². The third-order valence-electron chi connectivity index (χ3n) is 4.01. The van der Waals surface area contributed by atoms with E-state index in [1.165, 1.54) is 5.56 Å². The first kappa shape index (κ1) is 15.9. The Labute approximate surface area is 125 Å². The molecule has 2 atom stereocenters. The number of nitrogens with zero attached hydrogens (tertiary/aromatic N) is 1. The minimum absolute atomic E-state index is 0.0978. The first-order valence-corrected chi connectivity index (χ1v) is 8.66. The van der Waals surface area contributed by atoms with Crippen LogP contribution in [0.3, 0.4) is 0 Å². The molecular formula is C15H20FNO3S. The number of aryl methyl sites for hydroxylation is 1. The molecule has 21 heavy (non-hydrogen) atoms. The van der Waals surface area contributed by atoms with Gasteiger partial charge in [-0.2, -0.15) is 8.42 Å². The number of benzene rings is 1. The zero-order chi connectivity index (χ0) is 15.6. The van der Waals surface area contributed by atoms with Gasteiger partial charge in [-0.1, -0.05) is 31.2 Å². The van der Waals surface area contributed by atoms with Crippen molar-refractivity contribution in [2.24, 2.45) is 5.92 Å². The first-order valence-electron chi connectivity index (χ1n) is 7.10. The van der Waals surface area contributed by atoms with Gasteiger partial charge in [0.1, 0.15) is 0 Å². The minimum atomic E-state index is -4.53. The van der Waals surface area contributed by atoms with Crippen LogP contribution < -0.4 is 0 Å². The van der Waals surface area contributed by atoms with Crippen LogP contribution in [0.5, 0.6) is 0 Å². The van der Waals surface area contributed by atoms with Gasteiger partial charge in [0.05, 0.1) is 11.8 Å². The number of amides is 1. The van der Waals surface area contributed by atoms with Crippen molar-refractivity contribution >= 4 is 16.1 Å². The third-order valence-corrected chi connectivity index (χ3v) is 4.88. The normalized spacial score (nSPS) is 20.8. The van der Waals surface area contributed by atoms with E-state index in [1.807, 2.05) is 31.2 Å². The van der Waals surface area contributed by atoms with Gasteiger partial charge in [0.25, 0.3) is 0 Å². The van der Waals surface area contributed by atoms with Gasteiger partial charge in [0.15, 0.2) is 0 Å². The van der Waals surface area contributed by atoms with Crippen molar-refractivity contribution in [1.29, 1.82) is 0 Å². The van der Waals surface area contributed by atoms with E-state index in [9.17, 15) is 17.1 Å². The van der Waals surface area contributed by atoms with Crippen molar-refractivity contribution in [1.82, 2.24) is 4.90 Å². The molecule has 1 aromatic carbocycles. The van der Waals surface area contributed by atoms with E-state index in [1.54, 1.807) is 4.90 Å². The van der Waals surface area contributed by atoms with Crippen molar-refractivity contribution in [3.8, 4) is 0 Å². The topological polar surface area (TPSA) is 54.5 Å². The molecule has 0 saturated carbocycles. The van der Waals surface area contributed by atoms with Crippen LogP contribution in [-0.2, 0) is 21.4 Å². The molecule has 0 spiro atoms. The molecule has 2 unspecified atom stereocenters.